The average molecular weight is 380 g/mol. The molecule has 0 radical (unpaired) electrons. The van der Waals surface area contributed by atoms with Gasteiger partial charge in [0.25, 0.3) is 0 Å². The molecule has 0 saturated carbocycles. The van der Waals surface area contributed by atoms with Crippen LogP contribution in [0.2, 0.25) is 0 Å². The highest BCUT2D eigenvalue weighted by Crippen LogP contribution is 2.27. The Labute approximate surface area is 153 Å². The van der Waals surface area contributed by atoms with Crippen molar-refractivity contribution in [2.75, 3.05) is 31.1 Å². The Bertz CT molecular complexity index is 914. The number of hydrogen-bond acceptors (Lipinski definition) is 3. The van der Waals surface area contributed by atoms with Gasteiger partial charge in [0.1, 0.15) is 11.6 Å². The monoisotopic (exact) mass is 380 g/mol. The van der Waals surface area contributed by atoms with Crippen molar-refractivity contribution in [3.63, 3.8) is 0 Å². The van der Waals surface area contributed by atoms with Crippen molar-refractivity contribution in [2.24, 2.45) is 0 Å². The number of benzene rings is 2. The zero-order valence-electron chi connectivity index (χ0n) is 15.1. The van der Waals surface area contributed by atoms with Crippen molar-refractivity contribution in [3.05, 3.63) is 58.7 Å². The normalized spacial score (nSPS) is 16.1. The van der Waals surface area contributed by atoms with Crippen LogP contribution in [-0.2, 0) is 10.0 Å². The smallest absolute Gasteiger partial charge is 0.243 e. The number of anilines is 1. The number of sulfonamides is 1. The van der Waals surface area contributed by atoms with E-state index in [0.29, 0.717) is 23.7 Å². The van der Waals surface area contributed by atoms with Gasteiger partial charge in [0.05, 0.1) is 10.6 Å². The van der Waals surface area contributed by atoms with Crippen LogP contribution in [0.4, 0.5) is 14.5 Å². The summed E-state index contributed by atoms with van der Waals surface area (Å²) >= 11 is 0. The molecule has 3 rings (SSSR count). The zero-order chi connectivity index (χ0) is 19.1. The lowest BCUT2D eigenvalue weighted by atomic mass is 10.1. The van der Waals surface area contributed by atoms with Crippen LogP contribution in [0.15, 0.2) is 35.2 Å². The third-order valence-corrected chi connectivity index (χ3v) is 6.90. The molecule has 0 amide bonds. The fraction of sp³-hybridized carbons (Fsp3) is 0.368. The molecule has 1 fully saturated rings. The highest BCUT2D eigenvalue weighted by Gasteiger charge is 2.31. The van der Waals surface area contributed by atoms with Crippen molar-refractivity contribution < 1.29 is 17.2 Å². The molecule has 4 nitrogen and oxygen atoms in total. The second kappa shape index (κ2) is 6.96. The number of piperazine rings is 1. The van der Waals surface area contributed by atoms with E-state index in [0.717, 1.165) is 22.8 Å². The van der Waals surface area contributed by atoms with E-state index in [4.69, 9.17) is 0 Å². The minimum Gasteiger partial charge on any atom is -0.367 e. The number of nitrogens with zero attached hydrogens (tertiary/aromatic N) is 2. The van der Waals surface area contributed by atoms with E-state index < -0.39 is 21.7 Å². The first-order valence-corrected chi connectivity index (χ1v) is 9.92. The molecule has 1 aliphatic rings. The molecular weight excluding hydrogens is 358 g/mol. The molecule has 0 unspecified atom stereocenters. The standard InChI is InChI=1S/C19H22F2N2O2S/c1-13-10-14(2)19(15(3)11-13)26(24,25)23-8-6-22(7-9-23)18-5-4-16(20)12-17(18)21/h4-5,10-12H,6-9H2,1-3H3. The van der Waals surface area contributed by atoms with Gasteiger partial charge in [-0.05, 0) is 44.0 Å². The molecule has 1 aliphatic heterocycles. The lowest BCUT2D eigenvalue weighted by molar-refractivity contribution is 0.382. The Morgan fingerprint density at radius 3 is 2.00 bits per heavy atom. The van der Waals surface area contributed by atoms with Gasteiger partial charge in [-0.3, -0.25) is 0 Å². The summed E-state index contributed by atoms with van der Waals surface area (Å²) in [6, 6.07) is 7.18. The molecule has 0 aliphatic carbocycles. The molecule has 0 atom stereocenters. The van der Waals surface area contributed by atoms with E-state index in [1.807, 2.05) is 19.1 Å². The SMILES string of the molecule is Cc1cc(C)c(S(=O)(=O)N2CCN(c3ccc(F)cc3F)CC2)c(C)c1. The molecule has 7 heteroatoms. The van der Waals surface area contributed by atoms with Crippen molar-refractivity contribution >= 4 is 15.7 Å². The van der Waals surface area contributed by atoms with Crippen LogP contribution in [0.1, 0.15) is 16.7 Å². The van der Waals surface area contributed by atoms with Crippen LogP contribution >= 0.6 is 0 Å². The van der Waals surface area contributed by atoms with Crippen molar-refractivity contribution in [1.82, 2.24) is 4.31 Å². The van der Waals surface area contributed by atoms with E-state index in [9.17, 15) is 17.2 Å². The minimum absolute atomic E-state index is 0.256. The molecule has 0 N–H and O–H groups in total. The van der Waals surface area contributed by atoms with Gasteiger partial charge in [-0.25, -0.2) is 17.2 Å². The molecule has 1 saturated heterocycles. The van der Waals surface area contributed by atoms with Crippen LogP contribution in [0, 0.1) is 32.4 Å². The lowest BCUT2D eigenvalue weighted by Gasteiger charge is -2.36. The van der Waals surface area contributed by atoms with E-state index in [-0.39, 0.29) is 13.1 Å². The molecular formula is C19H22F2N2O2S. The summed E-state index contributed by atoms with van der Waals surface area (Å²) in [6.07, 6.45) is 0. The summed E-state index contributed by atoms with van der Waals surface area (Å²) in [7, 11) is -3.61. The number of aryl methyl sites for hydroxylation is 3. The van der Waals surface area contributed by atoms with Crippen molar-refractivity contribution in [2.45, 2.75) is 25.7 Å². The molecule has 0 spiro atoms. The van der Waals surface area contributed by atoms with Gasteiger partial charge in [0.15, 0.2) is 0 Å². The molecule has 2 aromatic rings. The number of halogens is 2. The molecule has 0 bridgehead atoms. The first-order chi connectivity index (χ1) is 12.2. The summed E-state index contributed by atoms with van der Waals surface area (Å²) in [5, 5.41) is 0. The van der Waals surface area contributed by atoms with E-state index in [2.05, 4.69) is 0 Å². The predicted molar refractivity (Wildman–Crippen MR) is 98.0 cm³/mol. The van der Waals surface area contributed by atoms with E-state index >= 15 is 0 Å². The van der Waals surface area contributed by atoms with Gasteiger partial charge in [0, 0.05) is 32.2 Å². The largest absolute Gasteiger partial charge is 0.367 e. The Morgan fingerprint density at radius 2 is 1.46 bits per heavy atom. The minimum atomic E-state index is -3.61. The van der Waals surface area contributed by atoms with Crippen molar-refractivity contribution in [3.8, 4) is 0 Å². The summed E-state index contributed by atoms with van der Waals surface area (Å²) < 4.78 is 54.6. The Hall–Kier alpha value is -1.99. The van der Waals surface area contributed by atoms with E-state index in [1.165, 1.54) is 16.4 Å². The molecule has 2 aromatic carbocycles. The first kappa shape index (κ1) is 18.8. The lowest BCUT2D eigenvalue weighted by Crippen LogP contribution is -2.49. The van der Waals surface area contributed by atoms with Gasteiger partial charge in [0.2, 0.25) is 10.0 Å². The number of rotatable bonds is 3. The summed E-state index contributed by atoms with van der Waals surface area (Å²) in [5.74, 6) is -1.26. The molecule has 1 heterocycles. The second-order valence-electron chi connectivity index (χ2n) is 6.71. The Morgan fingerprint density at radius 1 is 0.885 bits per heavy atom. The predicted octanol–water partition coefficient (Wildman–Crippen LogP) is 3.40. The van der Waals surface area contributed by atoms with Crippen LogP contribution in [0.25, 0.3) is 0 Å². The Balaban J connectivity index is 1.81. The topological polar surface area (TPSA) is 40.6 Å². The van der Waals surface area contributed by atoms with Gasteiger partial charge in [-0.2, -0.15) is 4.31 Å². The second-order valence-corrected chi connectivity index (χ2v) is 8.59. The highest BCUT2D eigenvalue weighted by atomic mass is 32.2. The van der Waals surface area contributed by atoms with Crippen LogP contribution in [0.5, 0.6) is 0 Å². The maximum absolute atomic E-state index is 14.0. The molecule has 140 valence electrons. The fourth-order valence-electron chi connectivity index (χ4n) is 3.61. The third-order valence-electron chi connectivity index (χ3n) is 4.69. The zero-order valence-corrected chi connectivity index (χ0v) is 15.9. The highest BCUT2D eigenvalue weighted by molar-refractivity contribution is 7.89. The maximum Gasteiger partial charge on any atom is 0.243 e. The van der Waals surface area contributed by atoms with Crippen LogP contribution < -0.4 is 4.90 Å². The molecule has 0 aromatic heterocycles. The van der Waals surface area contributed by atoms with Crippen LogP contribution in [-0.4, -0.2) is 38.9 Å². The van der Waals surface area contributed by atoms with Gasteiger partial charge >= 0.3 is 0 Å². The summed E-state index contributed by atoms with van der Waals surface area (Å²) in [4.78, 5) is 2.10. The van der Waals surface area contributed by atoms with Gasteiger partial charge in [-0.1, -0.05) is 17.7 Å². The quantitative estimate of drug-likeness (QED) is 0.819. The molecule has 26 heavy (non-hydrogen) atoms. The summed E-state index contributed by atoms with van der Waals surface area (Å²) in [6.45, 7) is 6.76. The number of hydrogen-bond donors (Lipinski definition) is 0. The average Bonchev–Trinajstić information content (AvgIpc) is 2.53. The first-order valence-electron chi connectivity index (χ1n) is 8.48. The fourth-order valence-corrected chi connectivity index (χ4v) is 5.44. The maximum atomic E-state index is 14.0. The Kier molecular flexibility index (Phi) is 5.03. The third kappa shape index (κ3) is 3.46. The van der Waals surface area contributed by atoms with Gasteiger partial charge in [-0.15, -0.1) is 0 Å². The van der Waals surface area contributed by atoms with Gasteiger partial charge < -0.3 is 4.90 Å². The van der Waals surface area contributed by atoms with E-state index in [1.54, 1.807) is 18.7 Å². The summed E-state index contributed by atoms with van der Waals surface area (Å²) in [5.41, 5.74) is 2.78. The van der Waals surface area contributed by atoms with Crippen molar-refractivity contribution in [1.29, 1.82) is 0 Å². The van der Waals surface area contributed by atoms with Crippen LogP contribution in [0.3, 0.4) is 0 Å².